The van der Waals surface area contributed by atoms with Crippen LogP contribution in [0.25, 0.3) is 0 Å². The van der Waals surface area contributed by atoms with E-state index in [1.807, 2.05) is 24.3 Å². The number of nitrogens with one attached hydrogen (secondary N) is 2. The molecule has 1 aliphatic carbocycles. The van der Waals surface area contributed by atoms with Gasteiger partial charge in [0.2, 0.25) is 0 Å². The van der Waals surface area contributed by atoms with Crippen LogP contribution in [0.5, 0.6) is 5.75 Å². The third kappa shape index (κ3) is 5.50. The number of rotatable bonds is 6. The van der Waals surface area contributed by atoms with Gasteiger partial charge in [0, 0.05) is 30.2 Å². The Kier molecular flexibility index (Phi) is 8.11. The molecular weight excluding hydrogens is 347 g/mol. The van der Waals surface area contributed by atoms with Crippen LogP contribution < -0.4 is 15.4 Å². The molecule has 1 saturated heterocycles. The zero-order valence-corrected chi connectivity index (χ0v) is 15.7. The number of hydrogen-bond donors (Lipinski definition) is 2. The lowest BCUT2D eigenvalue weighted by molar-refractivity contribution is 0.0518. The first-order valence-electron chi connectivity index (χ1n) is 8.69. The summed E-state index contributed by atoms with van der Waals surface area (Å²) in [6.45, 7) is 5.63. The van der Waals surface area contributed by atoms with Gasteiger partial charge in [0.25, 0.3) is 0 Å². The van der Waals surface area contributed by atoms with E-state index < -0.39 is 0 Å². The first-order valence-corrected chi connectivity index (χ1v) is 9.07. The summed E-state index contributed by atoms with van der Waals surface area (Å²) in [7, 11) is 0. The van der Waals surface area contributed by atoms with Crippen molar-refractivity contribution in [2.75, 3.05) is 26.3 Å². The molecule has 0 spiro atoms. The minimum atomic E-state index is 0. The van der Waals surface area contributed by atoms with Crippen LogP contribution in [0.15, 0.2) is 24.3 Å². The average molecular weight is 375 g/mol. The van der Waals surface area contributed by atoms with Crippen molar-refractivity contribution >= 4 is 24.0 Å². The summed E-state index contributed by atoms with van der Waals surface area (Å²) in [6, 6.07) is 8.61. The molecule has 0 amide bonds. The quantitative estimate of drug-likeness (QED) is 0.801. The number of ether oxygens (including phenoxy) is 2. The van der Waals surface area contributed by atoms with Crippen LogP contribution in [0, 0.1) is 5.92 Å². The van der Waals surface area contributed by atoms with E-state index in [2.05, 4.69) is 17.6 Å². The van der Waals surface area contributed by atoms with Crippen molar-refractivity contribution in [1.29, 1.82) is 0 Å². The maximum absolute atomic E-state index is 5.95. The largest absolute Gasteiger partial charge is 0.489 e. The van der Waals surface area contributed by atoms with Gasteiger partial charge in [-0.15, -0.1) is 12.4 Å². The van der Waals surface area contributed by atoms with Crippen molar-refractivity contribution in [3.63, 3.8) is 0 Å². The van der Waals surface area contributed by atoms with Gasteiger partial charge in [-0.05, 0) is 49.9 Å². The molecular formula is C18H28Cl2N2O2. The molecule has 2 N–H and O–H groups in total. The van der Waals surface area contributed by atoms with Crippen LogP contribution in [0.1, 0.15) is 26.2 Å². The predicted octanol–water partition coefficient (Wildman–Crippen LogP) is 3.28. The first kappa shape index (κ1) is 19.8. The van der Waals surface area contributed by atoms with Gasteiger partial charge in [0.05, 0.1) is 13.2 Å². The Morgan fingerprint density at radius 1 is 1.33 bits per heavy atom. The second-order valence-electron chi connectivity index (χ2n) is 6.63. The van der Waals surface area contributed by atoms with Crippen molar-refractivity contribution < 1.29 is 9.47 Å². The number of hydrogen-bond acceptors (Lipinski definition) is 4. The van der Waals surface area contributed by atoms with E-state index in [1.54, 1.807) is 0 Å². The van der Waals surface area contributed by atoms with Crippen molar-refractivity contribution in [2.24, 2.45) is 5.92 Å². The SMILES string of the molecule is CC(CNC1CCCC1C1COCCN1)Oc1ccc(Cl)cc1.Cl. The summed E-state index contributed by atoms with van der Waals surface area (Å²) >= 11 is 5.90. The van der Waals surface area contributed by atoms with E-state index in [1.165, 1.54) is 19.3 Å². The number of morpholine rings is 1. The summed E-state index contributed by atoms with van der Waals surface area (Å²) in [5.74, 6) is 1.53. The fourth-order valence-electron chi connectivity index (χ4n) is 3.69. The van der Waals surface area contributed by atoms with Crippen LogP contribution in [-0.2, 0) is 4.74 Å². The molecule has 0 radical (unpaired) electrons. The minimum Gasteiger partial charge on any atom is -0.489 e. The Balaban J connectivity index is 0.00000208. The number of halogens is 2. The lowest BCUT2D eigenvalue weighted by Gasteiger charge is -2.33. The standard InChI is InChI=1S/C18H27ClN2O2.ClH/c1-13(23-15-7-5-14(19)6-8-15)11-21-17-4-2-3-16(17)18-12-22-10-9-20-18;/h5-8,13,16-18,20-21H,2-4,9-12H2,1H3;1H. The predicted molar refractivity (Wildman–Crippen MR) is 101 cm³/mol. The maximum Gasteiger partial charge on any atom is 0.119 e. The van der Waals surface area contributed by atoms with Gasteiger partial charge in [-0.2, -0.15) is 0 Å². The summed E-state index contributed by atoms with van der Waals surface area (Å²) in [5.41, 5.74) is 0. The minimum absolute atomic E-state index is 0. The third-order valence-electron chi connectivity index (χ3n) is 4.85. The molecule has 1 aromatic rings. The van der Waals surface area contributed by atoms with Gasteiger partial charge in [-0.3, -0.25) is 0 Å². The summed E-state index contributed by atoms with van der Waals surface area (Å²) in [6.07, 6.45) is 3.96. The lowest BCUT2D eigenvalue weighted by Crippen LogP contribution is -2.51. The fourth-order valence-corrected chi connectivity index (χ4v) is 3.81. The third-order valence-corrected chi connectivity index (χ3v) is 5.11. The van der Waals surface area contributed by atoms with Crippen LogP contribution in [0.3, 0.4) is 0 Å². The molecule has 6 heteroatoms. The van der Waals surface area contributed by atoms with E-state index in [-0.39, 0.29) is 18.5 Å². The molecule has 2 aliphatic rings. The summed E-state index contributed by atoms with van der Waals surface area (Å²) in [5, 5.41) is 8.06. The highest BCUT2D eigenvalue weighted by atomic mass is 35.5. The molecule has 4 atom stereocenters. The molecule has 136 valence electrons. The fraction of sp³-hybridized carbons (Fsp3) is 0.667. The Hall–Kier alpha value is -0.520. The van der Waals surface area contributed by atoms with Crippen LogP contribution in [0.2, 0.25) is 5.02 Å². The van der Waals surface area contributed by atoms with Gasteiger partial charge in [0.1, 0.15) is 11.9 Å². The maximum atomic E-state index is 5.95. The van der Waals surface area contributed by atoms with Crippen molar-refractivity contribution in [1.82, 2.24) is 10.6 Å². The Morgan fingerprint density at radius 2 is 2.12 bits per heavy atom. The number of benzene rings is 1. The molecule has 2 fully saturated rings. The smallest absolute Gasteiger partial charge is 0.119 e. The van der Waals surface area contributed by atoms with Crippen LogP contribution >= 0.6 is 24.0 Å². The lowest BCUT2D eigenvalue weighted by atomic mass is 9.94. The molecule has 3 rings (SSSR count). The zero-order chi connectivity index (χ0) is 16.1. The molecule has 1 aromatic carbocycles. The second kappa shape index (κ2) is 9.83. The Bertz CT molecular complexity index is 480. The normalized spacial score (nSPS) is 28.2. The Labute approximate surface area is 156 Å². The molecule has 24 heavy (non-hydrogen) atoms. The average Bonchev–Trinajstić information content (AvgIpc) is 3.04. The van der Waals surface area contributed by atoms with Gasteiger partial charge in [-0.1, -0.05) is 18.0 Å². The van der Waals surface area contributed by atoms with E-state index in [0.717, 1.165) is 37.1 Å². The van der Waals surface area contributed by atoms with E-state index in [0.29, 0.717) is 18.0 Å². The first-order chi connectivity index (χ1) is 11.2. The van der Waals surface area contributed by atoms with Gasteiger partial charge in [0.15, 0.2) is 0 Å². The zero-order valence-electron chi connectivity index (χ0n) is 14.2. The van der Waals surface area contributed by atoms with Gasteiger partial charge < -0.3 is 20.1 Å². The summed E-state index contributed by atoms with van der Waals surface area (Å²) < 4.78 is 11.6. The highest BCUT2D eigenvalue weighted by molar-refractivity contribution is 6.30. The summed E-state index contributed by atoms with van der Waals surface area (Å²) in [4.78, 5) is 0. The van der Waals surface area contributed by atoms with Crippen molar-refractivity contribution in [3.05, 3.63) is 29.3 Å². The molecule has 1 saturated carbocycles. The molecule has 4 nitrogen and oxygen atoms in total. The topological polar surface area (TPSA) is 42.5 Å². The molecule has 4 unspecified atom stereocenters. The monoisotopic (exact) mass is 374 g/mol. The van der Waals surface area contributed by atoms with Gasteiger partial charge in [-0.25, -0.2) is 0 Å². The van der Waals surface area contributed by atoms with Crippen molar-refractivity contribution in [2.45, 2.75) is 44.4 Å². The Morgan fingerprint density at radius 3 is 2.83 bits per heavy atom. The van der Waals surface area contributed by atoms with Gasteiger partial charge >= 0.3 is 0 Å². The van der Waals surface area contributed by atoms with E-state index in [4.69, 9.17) is 21.1 Å². The molecule has 1 heterocycles. The van der Waals surface area contributed by atoms with E-state index >= 15 is 0 Å². The second-order valence-corrected chi connectivity index (χ2v) is 7.06. The van der Waals surface area contributed by atoms with Crippen LogP contribution in [0.4, 0.5) is 0 Å². The van der Waals surface area contributed by atoms with Crippen molar-refractivity contribution in [3.8, 4) is 5.75 Å². The van der Waals surface area contributed by atoms with E-state index in [9.17, 15) is 0 Å². The molecule has 1 aliphatic heterocycles. The molecule has 0 aromatic heterocycles. The highest BCUT2D eigenvalue weighted by Gasteiger charge is 2.34. The molecule has 0 bridgehead atoms. The van der Waals surface area contributed by atoms with Crippen LogP contribution in [-0.4, -0.2) is 44.5 Å². The highest BCUT2D eigenvalue weighted by Crippen LogP contribution is 2.29.